The van der Waals surface area contributed by atoms with Crippen LogP contribution in [0.4, 0.5) is 4.79 Å². The fourth-order valence-corrected chi connectivity index (χ4v) is 1.23. The molecule has 1 rings (SSSR count). The lowest BCUT2D eigenvalue weighted by atomic mass is 10.3. The molecule has 0 unspecified atom stereocenters. The molecule has 0 radical (unpaired) electrons. The summed E-state index contributed by atoms with van der Waals surface area (Å²) in [6.45, 7) is 3.77. The fourth-order valence-electron chi connectivity index (χ4n) is 1.23. The van der Waals surface area contributed by atoms with E-state index >= 15 is 0 Å². The molecule has 15 heavy (non-hydrogen) atoms. The molecular formula is C9H15N3O3. The molecule has 0 spiro atoms. The Morgan fingerprint density at radius 1 is 1.40 bits per heavy atom. The highest BCUT2D eigenvalue weighted by Gasteiger charge is 2.30. The maximum Gasteiger partial charge on any atom is 0.330 e. The van der Waals surface area contributed by atoms with E-state index in [4.69, 9.17) is 0 Å². The lowest BCUT2D eigenvalue weighted by molar-refractivity contribution is -0.136. The van der Waals surface area contributed by atoms with Gasteiger partial charge in [0.1, 0.15) is 6.42 Å². The van der Waals surface area contributed by atoms with Crippen LogP contribution in [0.2, 0.25) is 0 Å². The van der Waals surface area contributed by atoms with Gasteiger partial charge >= 0.3 is 6.03 Å². The van der Waals surface area contributed by atoms with Crippen molar-refractivity contribution in [1.82, 2.24) is 15.1 Å². The first-order valence-electron chi connectivity index (χ1n) is 4.87. The van der Waals surface area contributed by atoms with E-state index < -0.39 is 17.8 Å². The van der Waals surface area contributed by atoms with E-state index in [9.17, 15) is 14.4 Å². The molecule has 0 bridgehead atoms. The van der Waals surface area contributed by atoms with E-state index in [1.165, 1.54) is 0 Å². The number of hydrogen-bond donors (Lipinski definition) is 1. The van der Waals surface area contributed by atoms with Crippen LogP contribution >= 0.6 is 0 Å². The van der Waals surface area contributed by atoms with Gasteiger partial charge in [-0.05, 0) is 13.6 Å². The van der Waals surface area contributed by atoms with Crippen molar-refractivity contribution in [1.29, 1.82) is 0 Å². The van der Waals surface area contributed by atoms with Crippen molar-refractivity contribution < 1.29 is 14.4 Å². The Morgan fingerprint density at radius 3 is 2.60 bits per heavy atom. The lowest BCUT2D eigenvalue weighted by Gasteiger charge is -2.26. The summed E-state index contributed by atoms with van der Waals surface area (Å²) in [7, 11) is 1.90. The summed E-state index contributed by atoms with van der Waals surface area (Å²) in [5.74, 6) is -0.946. The molecule has 0 aliphatic carbocycles. The fraction of sp³-hybridized carbons (Fsp3) is 0.667. The first-order chi connectivity index (χ1) is 7.04. The van der Waals surface area contributed by atoms with E-state index in [2.05, 4.69) is 5.32 Å². The summed E-state index contributed by atoms with van der Waals surface area (Å²) in [5.41, 5.74) is 0. The Kier molecular flexibility index (Phi) is 3.79. The third-order valence-corrected chi connectivity index (χ3v) is 2.35. The van der Waals surface area contributed by atoms with Crippen LogP contribution in [0.25, 0.3) is 0 Å². The minimum absolute atomic E-state index is 0.235. The molecule has 0 saturated carbocycles. The van der Waals surface area contributed by atoms with Crippen molar-refractivity contribution in [3.05, 3.63) is 0 Å². The number of carbonyl (C=O) groups is 3. The minimum Gasteiger partial charge on any atom is -0.305 e. The normalized spacial score (nSPS) is 17.3. The quantitative estimate of drug-likeness (QED) is 0.633. The van der Waals surface area contributed by atoms with Crippen LogP contribution in [0, 0.1) is 0 Å². The Morgan fingerprint density at radius 2 is 2.07 bits per heavy atom. The van der Waals surface area contributed by atoms with E-state index in [0.717, 1.165) is 11.4 Å². The van der Waals surface area contributed by atoms with Crippen LogP contribution in [0.5, 0.6) is 0 Å². The molecule has 1 aliphatic heterocycles. The summed E-state index contributed by atoms with van der Waals surface area (Å²) in [4.78, 5) is 36.5. The number of hydrogen-bond acceptors (Lipinski definition) is 4. The number of nitrogens with zero attached hydrogens (tertiary/aromatic N) is 2. The minimum atomic E-state index is -0.610. The second-order valence-electron chi connectivity index (χ2n) is 3.47. The van der Waals surface area contributed by atoms with E-state index in [1.807, 2.05) is 18.9 Å². The maximum atomic E-state index is 11.3. The zero-order valence-corrected chi connectivity index (χ0v) is 8.95. The van der Waals surface area contributed by atoms with Gasteiger partial charge in [0, 0.05) is 13.1 Å². The monoisotopic (exact) mass is 213 g/mol. The molecule has 0 aromatic heterocycles. The Bertz CT molecular complexity index is 270. The molecule has 6 nitrogen and oxygen atoms in total. The molecule has 84 valence electrons. The summed E-state index contributed by atoms with van der Waals surface area (Å²) in [6.07, 6.45) is -0.235. The van der Waals surface area contributed by atoms with Crippen molar-refractivity contribution in [3.8, 4) is 0 Å². The SMILES string of the molecule is CCN(C)CCN1C(=O)CC(=O)NC1=O. The first kappa shape index (κ1) is 11.6. The van der Waals surface area contributed by atoms with Gasteiger partial charge in [-0.3, -0.25) is 19.8 Å². The molecular weight excluding hydrogens is 198 g/mol. The average Bonchev–Trinajstić information content (AvgIpc) is 2.15. The van der Waals surface area contributed by atoms with Gasteiger partial charge < -0.3 is 4.90 Å². The summed E-state index contributed by atoms with van der Waals surface area (Å²) in [5, 5.41) is 2.11. The van der Waals surface area contributed by atoms with Gasteiger partial charge in [-0.15, -0.1) is 0 Å². The molecule has 4 amide bonds. The van der Waals surface area contributed by atoms with Crippen molar-refractivity contribution in [2.45, 2.75) is 13.3 Å². The molecule has 6 heteroatoms. The van der Waals surface area contributed by atoms with E-state index in [-0.39, 0.29) is 6.42 Å². The molecule has 1 aliphatic rings. The van der Waals surface area contributed by atoms with Gasteiger partial charge in [-0.25, -0.2) is 4.79 Å². The van der Waals surface area contributed by atoms with Crippen molar-refractivity contribution in [2.75, 3.05) is 26.7 Å². The zero-order chi connectivity index (χ0) is 11.4. The van der Waals surface area contributed by atoms with Crippen LogP contribution in [-0.2, 0) is 9.59 Å². The summed E-state index contributed by atoms with van der Waals surface area (Å²) < 4.78 is 0. The van der Waals surface area contributed by atoms with E-state index in [0.29, 0.717) is 13.1 Å². The van der Waals surface area contributed by atoms with E-state index in [1.54, 1.807) is 0 Å². The number of amides is 4. The van der Waals surface area contributed by atoms with Crippen LogP contribution in [-0.4, -0.2) is 54.3 Å². The Hall–Kier alpha value is -1.43. The highest BCUT2D eigenvalue weighted by Crippen LogP contribution is 2.02. The largest absolute Gasteiger partial charge is 0.330 e. The van der Waals surface area contributed by atoms with Crippen molar-refractivity contribution >= 4 is 17.8 Å². The van der Waals surface area contributed by atoms with Gasteiger partial charge in [0.25, 0.3) is 0 Å². The number of nitrogens with one attached hydrogen (secondary N) is 1. The van der Waals surface area contributed by atoms with Crippen LogP contribution in [0.1, 0.15) is 13.3 Å². The highest BCUT2D eigenvalue weighted by atomic mass is 16.2. The van der Waals surface area contributed by atoms with Crippen molar-refractivity contribution in [3.63, 3.8) is 0 Å². The maximum absolute atomic E-state index is 11.3. The molecule has 0 atom stereocenters. The third kappa shape index (κ3) is 3.02. The second-order valence-corrected chi connectivity index (χ2v) is 3.47. The Balaban J connectivity index is 2.50. The predicted octanol–water partition coefficient (Wildman–Crippen LogP) is -0.593. The van der Waals surface area contributed by atoms with Gasteiger partial charge in [0.05, 0.1) is 0 Å². The number of barbiturate groups is 1. The molecule has 0 aromatic carbocycles. The molecule has 0 aromatic rings. The topological polar surface area (TPSA) is 69.7 Å². The number of imide groups is 2. The predicted molar refractivity (Wildman–Crippen MR) is 53.0 cm³/mol. The zero-order valence-electron chi connectivity index (χ0n) is 8.95. The van der Waals surface area contributed by atoms with Gasteiger partial charge in [0.15, 0.2) is 0 Å². The smallest absolute Gasteiger partial charge is 0.305 e. The first-order valence-corrected chi connectivity index (χ1v) is 4.87. The molecule has 1 fully saturated rings. The molecule has 1 heterocycles. The average molecular weight is 213 g/mol. The summed E-state index contributed by atoms with van der Waals surface area (Å²) in [6, 6.07) is -0.610. The standard InChI is InChI=1S/C9H15N3O3/c1-3-11(2)4-5-12-8(14)6-7(13)10-9(12)15/h3-6H2,1-2H3,(H,10,13,15). The third-order valence-electron chi connectivity index (χ3n) is 2.35. The van der Waals surface area contributed by atoms with Crippen LogP contribution in [0.3, 0.4) is 0 Å². The number of carbonyl (C=O) groups excluding carboxylic acids is 3. The molecule has 1 saturated heterocycles. The van der Waals surface area contributed by atoms with Gasteiger partial charge in [0.2, 0.25) is 11.8 Å². The number of urea groups is 1. The van der Waals surface area contributed by atoms with Crippen LogP contribution in [0.15, 0.2) is 0 Å². The lowest BCUT2D eigenvalue weighted by Crippen LogP contribution is -2.54. The molecule has 1 N–H and O–H groups in total. The van der Waals surface area contributed by atoms with Gasteiger partial charge in [-0.2, -0.15) is 0 Å². The second kappa shape index (κ2) is 4.88. The summed E-state index contributed by atoms with van der Waals surface area (Å²) >= 11 is 0. The van der Waals surface area contributed by atoms with Gasteiger partial charge in [-0.1, -0.05) is 6.92 Å². The number of rotatable bonds is 4. The van der Waals surface area contributed by atoms with Crippen LogP contribution < -0.4 is 5.32 Å². The Labute approximate surface area is 88.2 Å². The number of likely N-dealkylation sites (N-methyl/N-ethyl adjacent to an activating group) is 1. The van der Waals surface area contributed by atoms with Crippen molar-refractivity contribution in [2.24, 2.45) is 0 Å². The highest BCUT2D eigenvalue weighted by molar-refractivity contribution is 6.14.